The van der Waals surface area contributed by atoms with Gasteiger partial charge in [-0.05, 0) is 37.6 Å². The van der Waals surface area contributed by atoms with E-state index in [0.717, 1.165) is 61.4 Å². The summed E-state index contributed by atoms with van der Waals surface area (Å²) in [5.74, 6) is 1.94. The van der Waals surface area contributed by atoms with Crippen molar-refractivity contribution in [3.63, 3.8) is 0 Å². The highest BCUT2D eigenvalue weighted by Gasteiger charge is 2.40. The van der Waals surface area contributed by atoms with Crippen LogP contribution in [-0.2, 0) is 17.9 Å². The highest BCUT2D eigenvalue weighted by molar-refractivity contribution is 6.30. The maximum Gasteiger partial charge on any atom is 0.228 e. The number of likely N-dealkylation sites (tertiary alicyclic amines) is 2. The van der Waals surface area contributed by atoms with Crippen molar-refractivity contribution in [3.8, 4) is 0 Å². The van der Waals surface area contributed by atoms with Gasteiger partial charge in [0.2, 0.25) is 5.91 Å². The predicted molar refractivity (Wildman–Crippen MR) is 123 cm³/mol. The summed E-state index contributed by atoms with van der Waals surface area (Å²) < 4.78 is 0. The molecule has 0 aliphatic carbocycles. The first kappa shape index (κ1) is 22.0. The van der Waals surface area contributed by atoms with Gasteiger partial charge >= 0.3 is 0 Å². The van der Waals surface area contributed by atoms with Crippen molar-refractivity contribution in [1.82, 2.24) is 25.1 Å². The van der Waals surface area contributed by atoms with Crippen molar-refractivity contribution in [2.24, 2.45) is 5.92 Å². The van der Waals surface area contributed by atoms with Gasteiger partial charge in [-0.15, -0.1) is 0 Å². The normalized spacial score (nSPS) is 19.5. The van der Waals surface area contributed by atoms with Crippen LogP contribution in [0.3, 0.4) is 0 Å². The third-order valence-electron chi connectivity index (χ3n) is 6.06. The topological polar surface area (TPSA) is 64.6 Å². The minimum Gasteiger partial charge on any atom is -0.363 e. The summed E-state index contributed by atoms with van der Waals surface area (Å²) in [6, 6.07) is 9.89. The summed E-state index contributed by atoms with van der Waals surface area (Å²) in [5.41, 5.74) is 2.17. The van der Waals surface area contributed by atoms with Crippen molar-refractivity contribution in [2.75, 3.05) is 45.7 Å². The second-order valence-corrected chi connectivity index (χ2v) is 9.14. The number of aromatic nitrogens is 2. The van der Waals surface area contributed by atoms with Crippen LogP contribution in [0, 0.1) is 5.92 Å². The third kappa shape index (κ3) is 5.00. The number of hydrogen-bond acceptors (Lipinski definition) is 6. The van der Waals surface area contributed by atoms with E-state index >= 15 is 0 Å². The third-order valence-corrected chi connectivity index (χ3v) is 6.31. The molecule has 0 saturated carbocycles. The molecule has 4 rings (SSSR count). The number of benzene rings is 1. The summed E-state index contributed by atoms with van der Waals surface area (Å²) in [7, 11) is 5.88. The molecule has 8 heteroatoms. The van der Waals surface area contributed by atoms with E-state index in [1.807, 2.05) is 61.3 Å². The van der Waals surface area contributed by atoms with E-state index in [1.54, 1.807) is 0 Å². The molecule has 2 fully saturated rings. The van der Waals surface area contributed by atoms with Crippen molar-refractivity contribution in [3.05, 3.63) is 52.4 Å². The zero-order valence-corrected chi connectivity index (χ0v) is 19.3. The van der Waals surface area contributed by atoms with E-state index in [-0.39, 0.29) is 17.9 Å². The fraction of sp³-hybridized carbons (Fsp3) is 0.522. The Labute approximate surface area is 189 Å². The molecule has 0 bridgehead atoms. The van der Waals surface area contributed by atoms with Gasteiger partial charge in [0.15, 0.2) is 5.82 Å². The molecule has 1 aromatic carbocycles. The van der Waals surface area contributed by atoms with Crippen LogP contribution in [0.1, 0.15) is 36.0 Å². The van der Waals surface area contributed by atoms with Crippen LogP contribution in [-0.4, -0.2) is 66.5 Å². The molecule has 166 valence electrons. The lowest BCUT2D eigenvalue weighted by atomic mass is 9.97. The molecule has 2 aliphatic heterocycles. The van der Waals surface area contributed by atoms with Crippen LogP contribution in [0.25, 0.3) is 0 Å². The zero-order chi connectivity index (χ0) is 22.0. The van der Waals surface area contributed by atoms with Gasteiger partial charge in [-0.2, -0.15) is 0 Å². The molecule has 2 saturated heterocycles. The Morgan fingerprint density at radius 2 is 1.97 bits per heavy atom. The number of nitrogens with zero attached hydrogens (tertiary/aromatic N) is 5. The lowest BCUT2D eigenvalue weighted by Gasteiger charge is -2.41. The van der Waals surface area contributed by atoms with E-state index in [2.05, 4.69) is 10.2 Å². The summed E-state index contributed by atoms with van der Waals surface area (Å²) in [6.45, 7) is 3.92. The van der Waals surface area contributed by atoms with Gasteiger partial charge in [0, 0.05) is 57.9 Å². The molecule has 2 aliphatic rings. The molecule has 2 aromatic rings. The number of rotatable bonds is 7. The van der Waals surface area contributed by atoms with E-state index in [1.165, 1.54) is 5.56 Å². The smallest absolute Gasteiger partial charge is 0.228 e. The number of carbonyl (C=O) groups excluding carboxylic acids is 1. The monoisotopic (exact) mass is 442 g/mol. The van der Waals surface area contributed by atoms with Crippen molar-refractivity contribution in [2.45, 2.75) is 32.0 Å². The van der Waals surface area contributed by atoms with Crippen LogP contribution in [0.15, 0.2) is 30.3 Å². The fourth-order valence-electron chi connectivity index (χ4n) is 4.39. The molecule has 0 radical (unpaired) electrons. The zero-order valence-electron chi connectivity index (χ0n) is 18.5. The Kier molecular flexibility index (Phi) is 6.74. The van der Waals surface area contributed by atoms with E-state index in [0.29, 0.717) is 6.54 Å². The highest BCUT2D eigenvalue weighted by atomic mass is 35.5. The molecule has 1 amide bonds. The quantitative estimate of drug-likeness (QED) is 0.711. The Morgan fingerprint density at radius 3 is 2.65 bits per heavy atom. The van der Waals surface area contributed by atoms with Gasteiger partial charge in [-0.3, -0.25) is 9.69 Å². The molecule has 1 unspecified atom stereocenters. The summed E-state index contributed by atoms with van der Waals surface area (Å²) in [5, 5.41) is 3.91. The molecule has 1 atom stereocenters. The van der Waals surface area contributed by atoms with E-state index < -0.39 is 0 Å². The van der Waals surface area contributed by atoms with Gasteiger partial charge in [0.05, 0.1) is 17.7 Å². The summed E-state index contributed by atoms with van der Waals surface area (Å²) in [4.78, 5) is 29.2. The second-order valence-electron chi connectivity index (χ2n) is 8.71. The standard InChI is InChI=1S/C23H31ClN6O/c1-25-12-19-11-21(28(2)3)27-22(26-19)20-5-4-10-30(20)23(31)17-14-29(15-17)13-16-6-8-18(24)9-7-16/h6-9,11,17,20,25H,4-5,10,12-15H2,1-3H3. The molecule has 3 heterocycles. The first-order valence-corrected chi connectivity index (χ1v) is 11.3. The summed E-state index contributed by atoms with van der Waals surface area (Å²) in [6.07, 6.45) is 1.91. The lowest BCUT2D eigenvalue weighted by Crippen LogP contribution is -2.53. The van der Waals surface area contributed by atoms with Crippen LogP contribution >= 0.6 is 11.6 Å². The Balaban J connectivity index is 1.42. The maximum absolute atomic E-state index is 13.3. The molecule has 0 spiro atoms. The molecule has 1 N–H and O–H groups in total. The average molecular weight is 443 g/mol. The number of nitrogens with one attached hydrogen (secondary N) is 1. The van der Waals surface area contributed by atoms with Gasteiger partial charge in [0.1, 0.15) is 5.82 Å². The van der Waals surface area contributed by atoms with Crippen LogP contribution in [0.2, 0.25) is 5.02 Å². The molecule has 1 aromatic heterocycles. The van der Waals surface area contributed by atoms with Crippen molar-refractivity contribution >= 4 is 23.3 Å². The van der Waals surface area contributed by atoms with Gasteiger partial charge in [0.25, 0.3) is 0 Å². The lowest BCUT2D eigenvalue weighted by molar-refractivity contribution is -0.142. The number of carbonyl (C=O) groups is 1. The molecule has 31 heavy (non-hydrogen) atoms. The SMILES string of the molecule is CNCc1cc(N(C)C)nc(C2CCCN2C(=O)C2CN(Cc3ccc(Cl)cc3)C2)n1. The van der Waals surface area contributed by atoms with E-state index in [4.69, 9.17) is 21.6 Å². The average Bonchev–Trinajstić information content (AvgIpc) is 3.21. The summed E-state index contributed by atoms with van der Waals surface area (Å²) >= 11 is 5.97. The largest absolute Gasteiger partial charge is 0.363 e. The first-order valence-electron chi connectivity index (χ1n) is 10.9. The Morgan fingerprint density at radius 1 is 1.23 bits per heavy atom. The molecular formula is C23H31ClN6O. The number of amides is 1. The number of halogens is 1. The van der Waals surface area contributed by atoms with E-state index in [9.17, 15) is 4.79 Å². The Hall–Kier alpha value is -2.22. The van der Waals surface area contributed by atoms with Gasteiger partial charge < -0.3 is 15.1 Å². The fourth-order valence-corrected chi connectivity index (χ4v) is 4.52. The second kappa shape index (κ2) is 9.51. The first-order chi connectivity index (χ1) is 14.9. The van der Waals surface area contributed by atoms with Crippen LogP contribution in [0.5, 0.6) is 0 Å². The number of anilines is 1. The maximum atomic E-state index is 13.3. The minimum atomic E-state index is -0.0340. The van der Waals surface area contributed by atoms with Crippen LogP contribution < -0.4 is 10.2 Å². The number of hydrogen-bond donors (Lipinski definition) is 1. The van der Waals surface area contributed by atoms with Crippen LogP contribution in [0.4, 0.5) is 5.82 Å². The minimum absolute atomic E-state index is 0.0340. The van der Waals surface area contributed by atoms with Gasteiger partial charge in [-0.1, -0.05) is 23.7 Å². The Bertz CT molecular complexity index is 913. The van der Waals surface area contributed by atoms with Gasteiger partial charge in [-0.25, -0.2) is 9.97 Å². The molecule has 7 nitrogen and oxygen atoms in total. The predicted octanol–water partition coefficient (Wildman–Crippen LogP) is 2.71. The van der Waals surface area contributed by atoms with Crippen molar-refractivity contribution in [1.29, 1.82) is 0 Å². The van der Waals surface area contributed by atoms with Crippen molar-refractivity contribution < 1.29 is 4.79 Å². The highest BCUT2D eigenvalue weighted by Crippen LogP contribution is 2.34. The molecular weight excluding hydrogens is 412 g/mol.